The Morgan fingerprint density at radius 1 is 1.29 bits per heavy atom. The minimum atomic E-state index is 0.00729. The molecule has 0 bridgehead atoms. The van der Waals surface area contributed by atoms with Crippen LogP contribution in [0.5, 0.6) is 0 Å². The van der Waals surface area contributed by atoms with Crippen molar-refractivity contribution >= 4 is 11.8 Å². The average Bonchev–Trinajstić information content (AvgIpc) is 3.11. The van der Waals surface area contributed by atoms with Crippen molar-refractivity contribution < 1.29 is 9.59 Å². The summed E-state index contributed by atoms with van der Waals surface area (Å²) >= 11 is 0. The molecule has 1 fully saturated rings. The lowest BCUT2D eigenvalue weighted by atomic mass is 10.2. The molecule has 5 nitrogen and oxygen atoms in total. The van der Waals surface area contributed by atoms with Crippen LogP contribution in [-0.2, 0) is 9.59 Å². The van der Waals surface area contributed by atoms with E-state index < -0.39 is 0 Å². The van der Waals surface area contributed by atoms with E-state index >= 15 is 0 Å². The van der Waals surface area contributed by atoms with Crippen molar-refractivity contribution in [3.8, 4) is 0 Å². The fourth-order valence-electron chi connectivity index (χ4n) is 1.39. The van der Waals surface area contributed by atoms with Crippen LogP contribution in [-0.4, -0.2) is 37.5 Å². The number of hydrogen-bond donors (Lipinski definition) is 3. The Morgan fingerprint density at radius 2 is 2.00 bits per heavy atom. The number of hydrogen-bond acceptors (Lipinski definition) is 3. The molecule has 0 aromatic carbocycles. The number of amides is 2. The van der Waals surface area contributed by atoms with Gasteiger partial charge in [-0.3, -0.25) is 9.59 Å². The molecule has 0 saturated heterocycles. The molecule has 0 heterocycles. The molecule has 0 radical (unpaired) electrons. The summed E-state index contributed by atoms with van der Waals surface area (Å²) in [7, 11) is 0. The predicted molar refractivity (Wildman–Crippen MR) is 66.5 cm³/mol. The predicted octanol–water partition coefficient (Wildman–Crippen LogP) is 0.0169. The second-order valence-electron chi connectivity index (χ2n) is 4.62. The molecular weight excluding hydrogens is 218 g/mol. The molecule has 1 unspecified atom stereocenters. The zero-order valence-corrected chi connectivity index (χ0v) is 10.7. The lowest BCUT2D eigenvalue weighted by molar-refractivity contribution is -0.122. The van der Waals surface area contributed by atoms with Crippen LogP contribution in [0.4, 0.5) is 0 Å². The second kappa shape index (κ2) is 7.27. The molecule has 2 amide bonds. The molecule has 98 valence electrons. The number of nitrogens with one attached hydrogen (secondary N) is 3. The van der Waals surface area contributed by atoms with Crippen molar-refractivity contribution in [3.63, 3.8) is 0 Å². The monoisotopic (exact) mass is 241 g/mol. The smallest absolute Gasteiger partial charge is 0.234 e. The molecule has 1 rings (SSSR count). The van der Waals surface area contributed by atoms with E-state index in [0.717, 1.165) is 19.3 Å². The van der Waals surface area contributed by atoms with E-state index in [1.54, 1.807) is 0 Å². The topological polar surface area (TPSA) is 70.2 Å². The second-order valence-corrected chi connectivity index (χ2v) is 4.62. The summed E-state index contributed by atoms with van der Waals surface area (Å²) in [5.41, 5.74) is 0. The van der Waals surface area contributed by atoms with Crippen LogP contribution < -0.4 is 16.0 Å². The highest BCUT2D eigenvalue weighted by Crippen LogP contribution is 2.28. The molecule has 0 aromatic heterocycles. The summed E-state index contributed by atoms with van der Waals surface area (Å²) in [6, 6.07) is 0.221. The van der Waals surface area contributed by atoms with Gasteiger partial charge in [-0.1, -0.05) is 6.92 Å². The Morgan fingerprint density at radius 3 is 2.59 bits per heavy atom. The third-order valence-electron chi connectivity index (χ3n) is 2.85. The van der Waals surface area contributed by atoms with Gasteiger partial charge in [-0.15, -0.1) is 0 Å². The molecule has 0 aromatic rings. The van der Waals surface area contributed by atoms with E-state index in [-0.39, 0.29) is 23.8 Å². The van der Waals surface area contributed by atoms with E-state index in [4.69, 9.17) is 0 Å². The first-order chi connectivity index (χ1) is 8.13. The largest absolute Gasteiger partial charge is 0.355 e. The lowest BCUT2D eigenvalue weighted by Gasteiger charge is -2.11. The van der Waals surface area contributed by atoms with Crippen molar-refractivity contribution in [2.75, 3.05) is 19.6 Å². The van der Waals surface area contributed by atoms with Gasteiger partial charge in [-0.2, -0.15) is 0 Å². The van der Waals surface area contributed by atoms with Crippen LogP contribution in [0.15, 0.2) is 0 Å². The first kappa shape index (κ1) is 14.0. The van der Waals surface area contributed by atoms with Gasteiger partial charge >= 0.3 is 0 Å². The maximum atomic E-state index is 11.4. The van der Waals surface area contributed by atoms with E-state index in [1.165, 1.54) is 0 Å². The van der Waals surface area contributed by atoms with Gasteiger partial charge in [0, 0.05) is 25.0 Å². The third-order valence-corrected chi connectivity index (χ3v) is 2.85. The van der Waals surface area contributed by atoms with Crippen molar-refractivity contribution in [2.45, 2.75) is 39.2 Å². The van der Waals surface area contributed by atoms with E-state index in [0.29, 0.717) is 19.6 Å². The Kier molecular flexibility index (Phi) is 5.97. The van der Waals surface area contributed by atoms with Crippen LogP contribution >= 0.6 is 0 Å². The number of rotatable bonds is 8. The summed E-state index contributed by atoms with van der Waals surface area (Å²) in [5.74, 6) is 0.410. The van der Waals surface area contributed by atoms with Crippen LogP contribution in [0.2, 0.25) is 0 Å². The highest BCUT2D eigenvalue weighted by Gasteiger charge is 2.28. The first-order valence-electron chi connectivity index (χ1n) is 6.41. The standard InChI is InChI=1S/C12H23N3O2/c1-3-9(2)15-11(16)8-13-6-7-14-12(17)10-4-5-10/h9-10,13H,3-8H2,1-2H3,(H,14,17)(H,15,16). The Hall–Kier alpha value is -1.10. The van der Waals surface area contributed by atoms with Crippen LogP contribution in [0, 0.1) is 5.92 Å². The van der Waals surface area contributed by atoms with Crippen molar-refractivity contribution in [3.05, 3.63) is 0 Å². The SMILES string of the molecule is CCC(C)NC(=O)CNCCNC(=O)C1CC1. The first-order valence-corrected chi connectivity index (χ1v) is 6.41. The molecule has 0 spiro atoms. The fraction of sp³-hybridized carbons (Fsp3) is 0.833. The Labute approximate surface area is 103 Å². The summed E-state index contributed by atoms with van der Waals surface area (Å²) in [6.07, 6.45) is 2.98. The zero-order chi connectivity index (χ0) is 12.7. The van der Waals surface area contributed by atoms with E-state index in [1.807, 2.05) is 13.8 Å². The molecule has 1 saturated carbocycles. The van der Waals surface area contributed by atoms with Gasteiger partial charge in [0.2, 0.25) is 11.8 Å². The maximum absolute atomic E-state index is 11.4. The van der Waals surface area contributed by atoms with Crippen LogP contribution in [0.1, 0.15) is 33.1 Å². The van der Waals surface area contributed by atoms with Crippen molar-refractivity contribution in [2.24, 2.45) is 5.92 Å². The maximum Gasteiger partial charge on any atom is 0.234 e. The average molecular weight is 241 g/mol. The Bertz CT molecular complexity index is 264. The summed E-state index contributed by atoms with van der Waals surface area (Å²) in [5, 5.41) is 8.71. The molecule has 3 N–H and O–H groups in total. The van der Waals surface area contributed by atoms with E-state index in [9.17, 15) is 9.59 Å². The summed E-state index contributed by atoms with van der Waals surface area (Å²) in [4.78, 5) is 22.6. The summed E-state index contributed by atoms with van der Waals surface area (Å²) < 4.78 is 0. The molecule has 0 aliphatic heterocycles. The van der Waals surface area contributed by atoms with Gasteiger partial charge < -0.3 is 16.0 Å². The van der Waals surface area contributed by atoms with Gasteiger partial charge in [-0.05, 0) is 26.2 Å². The quantitative estimate of drug-likeness (QED) is 0.525. The van der Waals surface area contributed by atoms with Crippen LogP contribution in [0.3, 0.4) is 0 Å². The van der Waals surface area contributed by atoms with Gasteiger partial charge in [-0.25, -0.2) is 0 Å². The number of carbonyl (C=O) groups excluding carboxylic acids is 2. The third kappa shape index (κ3) is 6.26. The molecule has 17 heavy (non-hydrogen) atoms. The van der Waals surface area contributed by atoms with Crippen molar-refractivity contribution in [1.82, 2.24) is 16.0 Å². The molecule has 1 aliphatic rings. The highest BCUT2D eigenvalue weighted by molar-refractivity contribution is 5.80. The molecule has 1 aliphatic carbocycles. The van der Waals surface area contributed by atoms with Gasteiger partial charge in [0.25, 0.3) is 0 Å². The molecule has 1 atom stereocenters. The zero-order valence-electron chi connectivity index (χ0n) is 10.7. The normalized spacial score (nSPS) is 16.4. The fourth-order valence-corrected chi connectivity index (χ4v) is 1.39. The lowest BCUT2D eigenvalue weighted by Crippen LogP contribution is -2.41. The molecule has 5 heteroatoms. The van der Waals surface area contributed by atoms with Gasteiger partial charge in [0.05, 0.1) is 6.54 Å². The minimum absolute atomic E-state index is 0.00729. The van der Waals surface area contributed by atoms with Gasteiger partial charge in [0.1, 0.15) is 0 Å². The van der Waals surface area contributed by atoms with Gasteiger partial charge in [0.15, 0.2) is 0 Å². The number of carbonyl (C=O) groups is 2. The van der Waals surface area contributed by atoms with E-state index in [2.05, 4.69) is 16.0 Å². The minimum Gasteiger partial charge on any atom is -0.355 e. The highest BCUT2D eigenvalue weighted by atomic mass is 16.2. The summed E-state index contributed by atoms with van der Waals surface area (Å²) in [6.45, 7) is 5.54. The molecular formula is C12H23N3O2. The van der Waals surface area contributed by atoms with Crippen LogP contribution in [0.25, 0.3) is 0 Å². The van der Waals surface area contributed by atoms with Crippen molar-refractivity contribution in [1.29, 1.82) is 0 Å². The Balaban J connectivity index is 1.92.